The molecule has 0 saturated heterocycles. The summed E-state index contributed by atoms with van der Waals surface area (Å²) in [6.07, 6.45) is 0. The molecule has 154 valence electrons. The van der Waals surface area contributed by atoms with Gasteiger partial charge in [0.2, 0.25) is 5.91 Å². The van der Waals surface area contributed by atoms with Crippen LogP contribution in [0.4, 0.5) is 15.8 Å². The monoisotopic (exact) mass is 424 g/mol. The molecule has 0 aromatic heterocycles. The summed E-state index contributed by atoms with van der Waals surface area (Å²) in [6, 6.07) is 19.8. The Morgan fingerprint density at radius 1 is 0.933 bits per heavy atom. The highest BCUT2D eigenvalue weighted by Crippen LogP contribution is 2.25. The van der Waals surface area contributed by atoms with Crippen molar-refractivity contribution in [3.63, 3.8) is 0 Å². The highest BCUT2D eigenvalue weighted by molar-refractivity contribution is 8.00. The molecule has 2 N–H and O–H groups in total. The van der Waals surface area contributed by atoms with E-state index in [0.717, 1.165) is 4.90 Å². The van der Waals surface area contributed by atoms with Crippen LogP contribution in [0.5, 0.6) is 5.75 Å². The van der Waals surface area contributed by atoms with Gasteiger partial charge in [0.25, 0.3) is 5.91 Å². The van der Waals surface area contributed by atoms with E-state index < -0.39 is 5.82 Å². The van der Waals surface area contributed by atoms with Crippen LogP contribution in [0.25, 0.3) is 0 Å². The van der Waals surface area contributed by atoms with Gasteiger partial charge in [-0.25, -0.2) is 4.39 Å². The maximum absolute atomic E-state index is 13.0. The number of hydrogen-bond acceptors (Lipinski definition) is 4. The normalized spacial score (nSPS) is 10.3. The Morgan fingerprint density at radius 3 is 2.33 bits per heavy atom. The van der Waals surface area contributed by atoms with Crippen molar-refractivity contribution in [3.8, 4) is 5.75 Å². The topological polar surface area (TPSA) is 67.4 Å². The molecule has 3 rings (SSSR count). The Bertz CT molecular complexity index is 1010. The fourth-order valence-corrected chi connectivity index (χ4v) is 3.32. The third-order valence-electron chi connectivity index (χ3n) is 4.05. The molecule has 30 heavy (non-hydrogen) atoms. The standard InChI is InChI=1S/C23H21FN2O3S/c1-2-29-21-6-4-3-5-20(21)26-22(27)15-30-19-13-11-18(12-14-19)25-23(28)16-7-9-17(24)10-8-16/h3-14H,2,15H2,1H3,(H,25,28)(H,26,27). The lowest BCUT2D eigenvalue weighted by atomic mass is 10.2. The SMILES string of the molecule is CCOc1ccccc1NC(=O)CSc1ccc(NC(=O)c2ccc(F)cc2)cc1. The van der Waals surface area contributed by atoms with E-state index >= 15 is 0 Å². The molecule has 0 radical (unpaired) electrons. The quantitative estimate of drug-likeness (QED) is 0.487. The second-order valence-corrected chi connectivity index (χ2v) is 7.30. The van der Waals surface area contributed by atoms with Gasteiger partial charge in [-0.1, -0.05) is 12.1 Å². The molecule has 0 fully saturated rings. The molecule has 3 aromatic rings. The zero-order valence-electron chi connectivity index (χ0n) is 16.4. The number of nitrogens with one attached hydrogen (secondary N) is 2. The van der Waals surface area contributed by atoms with E-state index in [1.165, 1.54) is 36.0 Å². The molecule has 0 heterocycles. The molecule has 0 spiro atoms. The molecule has 0 saturated carbocycles. The molecule has 0 atom stereocenters. The van der Waals surface area contributed by atoms with Gasteiger partial charge >= 0.3 is 0 Å². The minimum atomic E-state index is -0.390. The van der Waals surface area contributed by atoms with E-state index in [4.69, 9.17) is 4.74 Å². The summed E-state index contributed by atoms with van der Waals surface area (Å²) in [5.41, 5.74) is 1.63. The Labute approximate surface area is 178 Å². The third-order valence-corrected chi connectivity index (χ3v) is 5.06. The van der Waals surface area contributed by atoms with E-state index in [9.17, 15) is 14.0 Å². The summed E-state index contributed by atoms with van der Waals surface area (Å²) in [6.45, 7) is 2.41. The van der Waals surface area contributed by atoms with Gasteiger partial charge in [0.05, 0.1) is 18.0 Å². The second-order valence-electron chi connectivity index (χ2n) is 6.25. The average Bonchev–Trinajstić information content (AvgIpc) is 2.75. The summed E-state index contributed by atoms with van der Waals surface area (Å²) in [4.78, 5) is 25.3. The van der Waals surface area contributed by atoms with Gasteiger partial charge in [-0.05, 0) is 67.6 Å². The Hall–Kier alpha value is -3.32. The predicted octanol–water partition coefficient (Wildman–Crippen LogP) is 5.21. The molecule has 0 aliphatic carbocycles. The summed E-state index contributed by atoms with van der Waals surface area (Å²) >= 11 is 1.39. The third kappa shape index (κ3) is 6.09. The lowest BCUT2D eigenvalue weighted by Gasteiger charge is -2.11. The van der Waals surface area contributed by atoms with Crippen LogP contribution in [0.15, 0.2) is 77.7 Å². The number of halogens is 1. The van der Waals surface area contributed by atoms with Crippen molar-refractivity contribution in [2.45, 2.75) is 11.8 Å². The average molecular weight is 424 g/mol. The van der Waals surface area contributed by atoms with Gasteiger partial charge in [-0.2, -0.15) is 0 Å². The van der Waals surface area contributed by atoms with E-state index in [1.807, 2.05) is 37.3 Å². The first kappa shape index (κ1) is 21.4. The van der Waals surface area contributed by atoms with Crippen LogP contribution < -0.4 is 15.4 Å². The van der Waals surface area contributed by atoms with Crippen molar-refractivity contribution in [2.24, 2.45) is 0 Å². The molecule has 3 aromatic carbocycles. The van der Waals surface area contributed by atoms with Crippen LogP contribution >= 0.6 is 11.8 Å². The minimum absolute atomic E-state index is 0.138. The number of rotatable bonds is 8. The fourth-order valence-electron chi connectivity index (χ4n) is 2.63. The number of thioether (sulfide) groups is 1. The first-order valence-electron chi connectivity index (χ1n) is 9.36. The summed E-state index contributed by atoms with van der Waals surface area (Å²) in [5, 5.41) is 5.61. The van der Waals surface area contributed by atoms with Crippen molar-refractivity contribution in [1.29, 1.82) is 0 Å². The minimum Gasteiger partial charge on any atom is -0.492 e. The van der Waals surface area contributed by atoms with Crippen molar-refractivity contribution in [1.82, 2.24) is 0 Å². The molecule has 7 heteroatoms. The van der Waals surface area contributed by atoms with E-state index in [2.05, 4.69) is 10.6 Å². The van der Waals surface area contributed by atoms with E-state index in [1.54, 1.807) is 18.2 Å². The molecule has 0 aliphatic heterocycles. The highest BCUT2D eigenvalue weighted by atomic mass is 32.2. The molecule has 0 unspecified atom stereocenters. The second kappa shape index (κ2) is 10.5. The highest BCUT2D eigenvalue weighted by Gasteiger charge is 2.09. The molecule has 0 bridgehead atoms. The Morgan fingerprint density at radius 2 is 1.63 bits per heavy atom. The fraction of sp³-hybridized carbons (Fsp3) is 0.130. The molecule has 0 aliphatic rings. The van der Waals surface area contributed by atoms with Crippen molar-refractivity contribution in [2.75, 3.05) is 23.0 Å². The van der Waals surface area contributed by atoms with E-state index in [0.29, 0.717) is 29.3 Å². The number of carbonyl (C=O) groups excluding carboxylic acids is 2. The number of anilines is 2. The maximum atomic E-state index is 13.0. The molecule has 2 amide bonds. The smallest absolute Gasteiger partial charge is 0.255 e. The van der Waals surface area contributed by atoms with Gasteiger partial charge in [-0.15, -0.1) is 11.8 Å². The lowest BCUT2D eigenvalue weighted by molar-refractivity contribution is -0.113. The van der Waals surface area contributed by atoms with Gasteiger partial charge in [-0.3, -0.25) is 9.59 Å². The number of amides is 2. The zero-order chi connectivity index (χ0) is 21.3. The predicted molar refractivity (Wildman–Crippen MR) is 118 cm³/mol. The Kier molecular flexibility index (Phi) is 7.45. The summed E-state index contributed by atoms with van der Waals surface area (Å²) < 4.78 is 18.5. The summed E-state index contributed by atoms with van der Waals surface area (Å²) in [7, 11) is 0. The lowest BCUT2D eigenvalue weighted by Crippen LogP contribution is -2.15. The van der Waals surface area contributed by atoms with Crippen LogP contribution in [-0.4, -0.2) is 24.2 Å². The van der Waals surface area contributed by atoms with Crippen molar-refractivity contribution < 1.29 is 18.7 Å². The zero-order valence-corrected chi connectivity index (χ0v) is 17.2. The van der Waals surface area contributed by atoms with Crippen LogP contribution in [0.2, 0.25) is 0 Å². The van der Waals surface area contributed by atoms with Gasteiger partial charge in [0, 0.05) is 16.1 Å². The van der Waals surface area contributed by atoms with Crippen molar-refractivity contribution in [3.05, 3.63) is 84.2 Å². The van der Waals surface area contributed by atoms with Gasteiger partial charge in [0.1, 0.15) is 11.6 Å². The van der Waals surface area contributed by atoms with Crippen LogP contribution in [0.1, 0.15) is 17.3 Å². The number of para-hydroxylation sites is 2. The van der Waals surface area contributed by atoms with Crippen LogP contribution in [-0.2, 0) is 4.79 Å². The summed E-state index contributed by atoms with van der Waals surface area (Å²) in [5.74, 6) is 0.0309. The maximum Gasteiger partial charge on any atom is 0.255 e. The van der Waals surface area contributed by atoms with Gasteiger partial charge in [0.15, 0.2) is 0 Å². The Balaban J connectivity index is 1.51. The first-order valence-corrected chi connectivity index (χ1v) is 10.3. The first-order chi connectivity index (χ1) is 14.5. The number of benzene rings is 3. The molecular formula is C23H21FN2O3S. The van der Waals surface area contributed by atoms with Crippen LogP contribution in [0, 0.1) is 5.82 Å². The van der Waals surface area contributed by atoms with Crippen LogP contribution in [0.3, 0.4) is 0 Å². The number of carbonyl (C=O) groups is 2. The number of hydrogen-bond donors (Lipinski definition) is 2. The van der Waals surface area contributed by atoms with E-state index in [-0.39, 0.29) is 17.6 Å². The van der Waals surface area contributed by atoms with Gasteiger partial charge < -0.3 is 15.4 Å². The largest absolute Gasteiger partial charge is 0.492 e. The van der Waals surface area contributed by atoms with Crippen molar-refractivity contribution >= 4 is 35.0 Å². The number of ether oxygens (including phenoxy) is 1. The molecule has 5 nitrogen and oxygen atoms in total. The molecular weight excluding hydrogens is 403 g/mol.